The number of carbonyl (C=O) groups excluding carboxylic acids is 3. The Morgan fingerprint density at radius 3 is 2.40 bits per heavy atom. The van der Waals surface area contributed by atoms with Crippen LogP contribution in [-0.4, -0.2) is 43.5 Å². The fourth-order valence-electron chi connectivity index (χ4n) is 3.75. The first kappa shape index (κ1) is 19.9. The lowest BCUT2D eigenvalue weighted by Crippen LogP contribution is -2.36. The molecule has 0 spiro atoms. The first-order chi connectivity index (χ1) is 14.6. The van der Waals surface area contributed by atoms with Crippen LogP contribution in [0.5, 0.6) is 11.5 Å². The molecular formula is C23H23NO6. The van der Waals surface area contributed by atoms with E-state index >= 15 is 0 Å². The third-order valence-corrected chi connectivity index (χ3v) is 5.25. The SMILES string of the molecule is O=C(COC(=O)c1ccccc1C(=O)c1ccc2c(c1)OCCO2)NC1CCCC1. The highest BCUT2D eigenvalue weighted by Crippen LogP contribution is 2.31. The van der Waals surface area contributed by atoms with Gasteiger partial charge >= 0.3 is 5.97 Å². The molecule has 0 aromatic heterocycles. The predicted octanol–water partition coefficient (Wildman–Crippen LogP) is 2.90. The van der Waals surface area contributed by atoms with Crippen molar-refractivity contribution in [2.75, 3.05) is 19.8 Å². The van der Waals surface area contributed by atoms with Gasteiger partial charge in [-0.1, -0.05) is 31.0 Å². The van der Waals surface area contributed by atoms with E-state index in [1.165, 1.54) is 6.07 Å². The lowest BCUT2D eigenvalue weighted by atomic mass is 9.98. The van der Waals surface area contributed by atoms with Gasteiger partial charge in [-0.3, -0.25) is 9.59 Å². The maximum atomic E-state index is 13.0. The third-order valence-electron chi connectivity index (χ3n) is 5.25. The Labute approximate surface area is 174 Å². The van der Waals surface area contributed by atoms with Gasteiger partial charge in [0, 0.05) is 17.2 Å². The van der Waals surface area contributed by atoms with Crippen LogP contribution in [0.3, 0.4) is 0 Å². The smallest absolute Gasteiger partial charge is 0.339 e. The Kier molecular flexibility index (Phi) is 5.97. The number of esters is 1. The highest BCUT2D eigenvalue weighted by Gasteiger charge is 2.23. The maximum Gasteiger partial charge on any atom is 0.339 e. The largest absolute Gasteiger partial charge is 0.486 e. The molecular weight excluding hydrogens is 386 g/mol. The molecule has 0 radical (unpaired) electrons. The standard InChI is InChI=1S/C23H23NO6/c25-21(24-16-5-1-2-6-16)14-30-23(27)18-8-4-3-7-17(18)22(26)15-9-10-19-20(13-15)29-12-11-28-19/h3-4,7-10,13,16H,1-2,5-6,11-12,14H2,(H,24,25). The number of ether oxygens (including phenoxy) is 3. The molecule has 0 atom stereocenters. The van der Waals surface area contributed by atoms with Crippen LogP contribution in [0.1, 0.15) is 52.0 Å². The maximum absolute atomic E-state index is 13.0. The van der Waals surface area contributed by atoms with Crippen LogP contribution in [0.4, 0.5) is 0 Å². The minimum absolute atomic E-state index is 0.117. The van der Waals surface area contributed by atoms with Crippen molar-refractivity contribution in [3.63, 3.8) is 0 Å². The summed E-state index contributed by atoms with van der Waals surface area (Å²) in [7, 11) is 0. The van der Waals surface area contributed by atoms with Crippen molar-refractivity contribution < 1.29 is 28.6 Å². The van der Waals surface area contributed by atoms with Crippen molar-refractivity contribution in [3.05, 3.63) is 59.2 Å². The van der Waals surface area contributed by atoms with E-state index in [2.05, 4.69) is 5.32 Å². The van der Waals surface area contributed by atoms with Crippen LogP contribution in [0, 0.1) is 0 Å². The van der Waals surface area contributed by atoms with Crippen molar-refractivity contribution in [2.24, 2.45) is 0 Å². The molecule has 1 amide bonds. The molecule has 7 heteroatoms. The van der Waals surface area contributed by atoms with Gasteiger partial charge in [-0.25, -0.2) is 4.79 Å². The highest BCUT2D eigenvalue weighted by molar-refractivity contribution is 6.14. The predicted molar refractivity (Wildman–Crippen MR) is 108 cm³/mol. The van der Waals surface area contributed by atoms with Crippen molar-refractivity contribution in [1.29, 1.82) is 0 Å². The zero-order valence-corrected chi connectivity index (χ0v) is 16.5. The van der Waals surface area contributed by atoms with Crippen LogP contribution in [-0.2, 0) is 9.53 Å². The Balaban J connectivity index is 1.45. The van der Waals surface area contributed by atoms with Crippen molar-refractivity contribution >= 4 is 17.7 Å². The number of hydrogen-bond donors (Lipinski definition) is 1. The molecule has 1 saturated carbocycles. The van der Waals surface area contributed by atoms with E-state index in [0.29, 0.717) is 30.3 Å². The number of ketones is 1. The van der Waals surface area contributed by atoms with Crippen LogP contribution < -0.4 is 14.8 Å². The number of amides is 1. The summed E-state index contributed by atoms with van der Waals surface area (Å²) in [5.41, 5.74) is 0.694. The summed E-state index contributed by atoms with van der Waals surface area (Å²) in [6, 6.07) is 11.5. The molecule has 0 unspecified atom stereocenters. The van der Waals surface area contributed by atoms with Crippen molar-refractivity contribution in [3.8, 4) is 11.5 Å². The average molecular weight is 409 g/mol. The van der Waals surface area contributed by atoms with Gasteiger partial charge in [0.25, 0.3) is 5.91 Å². The molecule has 0 bridgehead atoms. The van der Waals surface area contributed by atoms with Gasteiger partial charge in [0.1, 0.15) is 13.2 Å². The third kappa shape index (κ3) is 4.45. The van der Waals surface area contributed by atoms with E-state index in [4.69, 9.17) is 14.2 Å². The van der Waals surface area contributed by atoms with Gasteiger partial charge in [-0.05, 0) is 37.1 Å². The van der Waals surface area contributed by atoms with Crippen LogP contribution >= 0.6 is 0 Å². The normalized spacial score (nSPS) is 15.5. The van der Waals surface area contributed by atoms with E-state index in [9.17, 15) is 14.4 Å². The van der Waals surface area contributed by atoms with Crippen LogP contribution in [0.15, 0.2) is 42.5 Å². The monoisotopic (exact) mass is 409 g/mol. The zero-order chi connectivity index (χ0) is 20.9. The molecule has 2 aromatic carbocycles. The molecule has 0 saturated heterocycles. The molecule has 2 aliphatic rings. The number of rotatable bonds is 6. The molecule has 30 heavy (non-hydrogen) atoms. The second kappa shape index (κ2) is 8.98. The molecule has 1 fully saturated rings. The molecule has 156 valence electrons. The molecule has 2 aromatic rings. The topological polar surface area (TPSA) is 90.9 Å². The van der Waals surface area contributed by atoms with Gasteiger partial charge in [0.05, 0.1) is 5.56 Å². The van der Waals surface area contributed by atoms with Gasteiger partial charge in [0.15, 0.2) is 23.9 Å². The van der Waals surface area contributed by atoms with Crippen LogP contribution in [0.2, 0.25) is 0 Å². The number of carbonyl (C=O) groups is 3. The summed E-state index contributed by atoms with van der Waals surface area (Å²) >= 11 is 0. The molecule has 1 heterocycles. The van der Waals surface area contributed by atoms with Gasteiger partial charge in [0.2, 0.25) is 0 Å². The lowest BCUT2D eigenvalue weighted by molar-refractivity contribution is -0.124. The van der Waals surface area contributed by atoms with E-state index in [1.807, 2.05) is 0 Å². The van der Waals surface area contributed by atoms with E-state index in [1.54, 1.807) is 36.4 Å². The minimum atomic E-state index is -0.710. The Hall–Kier alpha value is -3.35. The minimum Gasteiger partial charge on any atom is -0.486 e. The number of hydrogen-bond acceptors (Lipinski definition) is 6. The fraction of sp³-hybridized carbons (Fsp3) is 0.348. The quantitative estimate of drug-likeness (QED) is 0.583. The van der Waals surface area contributed by atoms with E-state index < -0.39 is 5.97 Å². The summed E-state index contributed by atoms with van der Waals surface area (Å²) in [5.74, 6) is -0.298. The Bertz CT molecular complexity index is 964. The molecule has 7 nitrogen and oxygen atoms in total. The van der Waals surface area contributed by atoms with Crippen molar-refractivity contribution in [2.45, 2.75) is 31.7 Å². The molecule has 1 N–H and O–H groups in total. The Morgan fingerprint density at radius 1 is 0.933 bits per heavy atom. The van der Waals surface area contributed by atoms with E-state index in [0.717, 1.165) is 25.7 Å². The fourth-order valence-corrected chi connectivity index (χ4v) is 3.75. The second-order valence-corrected chi connectivity index (χ2v) is 7.36. The molecule has 4 rings (SSSR count). The zero-order valence-electron chi connectivity index (χ0n) is 16.5. The second-order valence-electron chi connectivity index (χ2n) is 7.36. The average Bonchev–Trinajstić information content (AvgIpc) is 3.29. The molecule has 1 aliphatic carbocycles. The lowest BCUT2D eigenvalue weighted by Gasteiger charge is -2.18. The van der Waals surface area contributed by atoms with E-state index in [-0.39, 0.29) is 35.5 Å². The Morgan fingerprint density at radius 2 is 1.63 bits per heavy atom. The first-order valence-corrected chi connectivity index (χ1v) is 10.1. The molecule has 1 aliphatic heterocycles. The number of benzene rings is 2. The highest BCUT2D eigenvalue weighted by atomic mass is 16.6. The van der Waals surface area contributed by atoms with Gasteiger partial charge in [-0.15, -0.1) is 0 Å². The van der Waals surface area contributed by atoms with Gasteiger partial charge < -0.3 is 19.5 Å². The van der Waals surface area contributed by atoms with Gasteiger partial charge in [-0.2, -0.15) is 0 Å². The summed E-state index contributed by atoms with van der Waals surface area (Å²) in [6.07, 6.45) is 4.10. The summed E-state index contributed by atoms with van der Waals surface area (Å²) in [4.78, 5) is 37.6. The van der Waals surface area contributed by atoms with Crippen LogP contribution in [0.25, 0.3) is 0 Å². The summed E-state index contributed by atoms with van der Waals surface area (Å²) < 4.78 is 16.2. The summed E-state index contributed by atoms with van der Waals surface area (Å²) in [5, 5.41) is 2.87. The summed E-state index contributed by atoms with van der Waals surface area (Å²) in [6.45, 7) is 0.502. The number of fused-ring (bicyclic) bond motifs is 1. The van der Waals surface area contributed by atoms with Crippen molar-refractivity contribution in [1.82, 2.24) is 5.32 Å². The number of nitrogens with one attached hydrogen (secondary N) is 1. The first-order valence-electron chi connectivity index (χ1n) is 10.1.